The van der Waals surface area contributed by atoms with Crippen LogP contribution in [0, 0.1) is 0 Å². The van der Waals surface area contributed by atoms with E-state index in [1.54, 1.807) is 35.1 Å². The van der Waals surface area contributed by atoms with Crippen molar-refractivity contribution in [2.75, 3.05) is 0 Å². The highest BCUT2D eigenvalue weighted by Crippen LogP contribution is 2.16. The number of hydrogen-bond donors (Lipinski definition) is 0. The lowest BCUT2D eigenvalue weighted by Gasteiger charge is -2.01. The van der Waals surface area contributed by atoms with Gasteiger partial charge in [-0.3, -0.25) is 0 Å². The minimum Gasteiger partial charge on any atom is -0.422 e. The van der Waals surface area contributed by atoms with Crippen molar-refractivity contribution in [3.8, 4) is 5.75 Å². The first-order chi connectivity index (χ1) is 10.7. The first kappa shape index (κ1) is 14.3. The molecule has 110 valence electrons. The summed E-state index contributed by atoms with van der Waals surface area (Å²) < 4.78 is 6.80. The maximum Gasteiger partial charge on any atom is 0.365 e. The molecule has 0 bridgehead atoms. The van der Waals surface area contributed by atoms with E-state index in [1.807, 2.05) is 30.3 Å². The summed E-state index contributed by atoms with van der Waals surface area (Å²) in [6, 6.07) is 16.3. The number of carbonyl (C=O) groups is 1. The molecule has 0 atom stereocenters. The van der Waals surface area contributed by atoms with Gasteiger partial charge in [-0.1, -0.05) is 47.1 Å². The Morgan fingerprint density at radius 2 is 1.82 bits per heavy atom. The molecule has 1 aromatic heterocycles. The van der Waals surface area contributed by atoms with Crippen LogP contribution in [-0.4, -0.2) is 21.0 Å². The molecule has 0 amide bonds. The standard InChI is InChI=1S/C16H12ClN3O2/c17-13-6-8-14(9-7-13)22-16(21)15-11-20(19-18-15)10-12-4-2-1-3-5-12/h1-9,11H,10H2. The quantitative estimate of drug-likeness (QED) is 0.548. The second-order valence-corrected chi connectivity index (χ2v) is 5.07. The van der Waals surface area contributed by atoms with Crippen molar-refractivity contribution in [2.24, 2.45) is 0 Å². The number of hydrogen-bond acceptors (Lipinski definition) is 4. The summed E-state index contributed by atoms with van der Waals surface area (Å²) in [5.41, 5.74) is 1.23. The summed E-state index contributed by atoms with van der Waals surface area (Å²) in [5.74, 6) is -0.145. The lowest BCUT2D eigenvalue weighted by molar-refractivity contribution is 0.0728. The van der Waals surface area contributed by atoms with Crippen molar-refractivity contribution in [3.05, 3.63) is 77.1 Å². The predicted octanol–water partition coefficient (Wildman–Crippen LogP) is 3.20. The van der Waals surface area contributed by atoms with E-state index in [0.29, 0.717) is 17.3 Å². The molecule has 0 spiro atoms. The van der Waals surface area contributed by atoms with Gasteiger partial charge in [0.15, 0.2) is 5.69 Å². The highest BCUT2D eigenvalue weighted by atomic mass is 35.5. The van der Waals surface area contributed by atoms with E-state index in [4.69, 9.17) is 16.3 Å². The van der Waals surface area contributed by atoms with E-state index in [2.05, 4.69) is 10.3 Å². The Hall–Kier alpha value is -2.66. The fourth-order valence-corrected chi connectivity index (χ4v) is 2.03. The van der Waals surface area contributed by atoms with E-state index in [1.165, 1.54) is 0 Å². The van der Waals surface area contributed by atoms with Crippen LogP contribution in [0.15, 0.2) is 60.8 Å². The molecule has 0 unspecified atom stereocenters. The lowest BCUT2D eigenvalue weighted by atomic mass is 10.2. The first-order valence-electron chi connectivity index (χ1n) is 6.62. The SMILES string of the molecule is O=C(Oc1ccc(Cl)cc1)c1cn(Cc2ccccc2)nn1. The normalized spacial score (nSPS) is 10.4. The molecule has 3 rings (SSSR count). The van der Waals surface area contributed by atoms with E-state index < -0.39 is 5.97 Å². The number of carbonyl (C=O) groups excluding carboxylic acids is 1. The Morgan fingerprint density at radius 3 is 2.55 bits per heavy atom. The lowest BCUT2D eigenvalue weighted by Crippen LogP contribution is -2.09. The van der Waals surface area contributed by atoms with Gasteiger partial charge in [0.05, 0.1) is 12.7 Å². The fraction of sp³-hybridized carbons (Fsp3) is 0.0625. The smallest absolute Gasteiger partial charge is 0.365 e. The Morgan fingerprint density at radius 1 is 1.09 bits per heavy atom. The molecule has 0 aliphatic rings. The third kappa shape index (κ3) is 3.51. The van der Waals surface area contributed by atoms with Crippen molar-refractivity contribution in [3.63, 3.8) is 0 Å². The summed E-state index contributed by atoms with van der Waals surface area (Å²) in [4.78, 5) is 12.0. The number of aromatic nitrogens is 3. The van der Waals surface area contributed by atoms with Gasteiger partial charge < -0.3 is 4.74 Å². The van der Waals surface area contributed by atoms with E-state index in [9.17, 15) is 4.79 Å². The van der Waals surface area contributed by atoms with Crippen molar-refractivity contribution in [1.82, 2.24) is 15.0 Å². The van der Waals surface area contributed by atoms with Crippen LogP contribution in [0.5, 0.6) is 5.75 Å². The van der Waals surface area contributed by atoms with E-state index in [0.717, 1.165) is 5.56 Å². The minimum atomic E-state index is -0.554. The first-order valence-corrected chi connectivity index (χ1v) is 7.00. The Labute approximate surface area is 132 Å². The van der Waals surface area contributed by atoms with E-state index in [-0.39, 0.29) is 5.69 Å². The third-order valence-electron chi connectivity index (χ3n) is 2.96. The highest BCUT2D eigenvalue weighted by molar-refractivity contribution is 6.30. The summed E-state index contributed by atoms with van der Waals surface area (Å²) in [5, 5.41) is 8.35. The van der Waals surface area contributed by atoms with Gasteiger partial charge in [0.25, 0.3) is 0 Å². The van der Waals surface area contributed by atoms with Crippen LogP contribution in [-0.2, 0) is 6.54 Å². The topological polar surface area (TPSA) is 57.0 Å². The van der Waals surface area contributed by atoms with Gasteiger partial charge in [-0.15, -0.1) is 5.10 Å². The molecule has 6 heteroatoms. The number of nitrogens with zero attached hydrogens (tertiary/aromatic N) is 3. The molecule has 0 saturated carbocycles. The molecule has 2 aromatic carbocycles. The molecule has 0 N–H and O–H groups in total. The van der Waals surface area contributed by atoms with Crippen LogP contribution >= 0.6 is 11.6 Å². The third-order valence-corrected chi connectivity index (χ3v) is 3.21. The average molecular weight is 314 g/mol. The number of ether oxygens (including phenoxy) is 1. The zero-order chi connectivity index (χ0) is 15.4. The maximum absolute atomic E-state index is 12.0. The van der Waals surface area contributed by atoms with Gasteiger partial charge in [-0.2, -0.15) is 0 Å². The molecule has 0 aliphatic heterocycles. The van der Waals surface area contributed by atoms with Crippen LogP contribution in [0.25, 0.3) is 0 Å². The number of halogens is 1. The molecule has 22 heavy (non-hydrogen) atoms. The summed E-state index contributed by atoms with van der Waals surface area (Å²) in [7, 11) is 0. The molecule has 0 saturated heterocycles. The van der Waals surface area contributed by atoms with Gasteiger partial charge in [-0.05, 0) is 29.8 Å². The maximum atomic E-state index is 12.0. The number of benzene rings is 2. The second kappa shape index (κ2) is 6.41. The molecule has 1 heterocycles. The van der Waals surface area contributed by atoms with Crippen LogP contribution in [0.4, 0.5) is 0 Å². The molecule has 5 nitrogen and oxygen atoms in total. The fourth-order valence-electron chi connectivity index (χ4n) is 1.90. The average Bonchev–Trinajstić information content (AvgIpc) is 2.99. The molecule has 0 radical (unpaired) electrons. The Balaban J connectivity index is 1.67. The van der Waals surface area contributed by atoms with Crippen LogP contribution in [0.2, 0.25) is 5.02 Å². The van der Waals surface area contributed by atoms with Gasteiger partial charge in [0.2, 0.25) is 0 Å². The molecule has 0 aliphatic carbocycles. The van der Waals surface area contributed by atoms with Crippen LogP contribution in [0.3, 0.4) is 0 Å². The van der Waals surface area contributed by atoms with Crippen molar-refractivity contribution in [2.45, 2.75) is 6.54 Å². The monoisotopic (exact) mass is 313 g/mol. The molecule has 3 aromatic rings. The molecule has 0 fully saturated rings. The summed E-state index contributed by atoms with van der Waals surface area (Å²) in [6.45, 7) is 0.544. The molecular formula is C16H12ClN3O2. The largest absolute Gasteiger partial charge is 0.422 e. The van der Waals surface area contributed by atoms with Crippen LogP contribution in [0.1, 0.15) is 16.1 Å². The molecular weight excluding hydrogens is 302 g/mol. The number of esters is 1. The predicted molar refractivity (Wildman–Crippen MR) is 82.0 cm³/mol. The number of rotatable bonds is 4. The second-order valence-electron chi connectivity index (χ2n) is 4.63. The van der Waals surface area contributed by atoms with Crippen molar-refractivity contribution >= 4 is 17.6 Å². The van der Waals surface area contributed by atoms with Crippen LogP contribution < -0.4 is 4.74 Å². The van der Waals surface area contributed by atoms with Crippen molar-refractivity contribution < 1.29 is 9.53 Å². The van der Waals surface area contributed by atoms with Gasteiger partial charge in [0, 0.05) is 5.02 Å². The zero-order valence-corrected chi connectivity index (χ0v) is 12.3. The Bertz CT molecular complexity index is 770. The van der Waals surface area contributed by atoms with Gasteiger partial charge in [0.1, 0.15) is 5.75 Å². The van der Waals surface area contributed by atoms with E-state index >= 15 is 0 Å². The summed E-state index contributed by atoms with van der Waals surface area (Å²) >= 11 is 5.78. The Kier molecular flexibility index (Phi) is 4.16. The zero-order valence-electron chi connectivity index (χ0n) is 11.5. The van der Waals surface area contributed by atoms with Gasteiger partial charge >= 0.3 is 5.97 Å². The van der Waals surface area contributed by atoms with Crippen molar-refractivity contribution in [1.29, 1.82) is 0 Å². The summed E-state index contributed by atoms with van der Waals surface area (Å²) in [6.07, 6.45) is 1.56. The highest BCUT2D eigenvalue weighted by Gasteiger charge is 2.13. The minimum absolute atomic E-state index is 0.158. The van der Waals surface area contributed by atoms with Gasteiger partial charge in [-0.25, -0.2) is 9.48 Å².